The zero-order chi connectivity index (χ0) is 10.9. The molecule has 15 heavy (non-hydrogen) atoms. The van der Waals surface area contributed by atoms with Crippen LogP contribution in [-0.4, -0.2) is 21.5 Å². The highest BCUT2D eigenvalue weighted by Gasteiger charge is 2.32. The van der Waals surface area contributed by atoms with Gasteiger partial charge >= 0.3 is 0 Å². The zero-order valence-corrected chi connectivity index (χ0v) is 10.8. The summed E-state index contributed by atoms with van der Waals surface area (Å²) in [6.07, 6.45) is 4.98. The minimum Gasteiger partial charge on any atom is -0.306 e. The summed E-state index contributed by atoms with van der Waals surface area (Å²) >= 11 is 3.48. The summed E-state index contributed by atoms with van der Waals surface area (Å²) < 4.78 is 2.73. The van der Waals surface area contributed by atoms with Gasteiger partial charge in [-0.05, 0) is 42.2 Å². The SMILES string of the molecule is Cn1nnc(Br)c1C1(C)CCCCCN1. The molecule has 0 aromatic carbocycles. The average Bonchev–Trinajstić information content (AvgIpc) is 2.40. The Kier molecular flexibility index (Phi) is 3.11. The van der Waals surface area contributed by atoms with Crippen LogP contribution in [0.1, 0.15) is 38.3 Å². The van der Waals surface area contributed by atoms with Gasteiger partial charge in [0.1, 0.15) is 0 Å². The van der Waals surface area contributed by atoms with Crippen LogP contribution in [0.4, 0.5) is 0 Å². The zero-order valence-electron chi connectivity index (χ0n) is 9.26. The van der Waals surface area contributed by atoms with Crippen LogP contribution in [0.25, 0.3) is 0 Å². The van der Waals surface area contributed by atoms with E-state index < -0.39 is 0 Å². The molecule has 1 aliphatic heterocycles. The first-order chi connectivity index (χ1) is 7.13. The maximum absolute atomic E-state index is 4.06. The Morgan fingerprint density at radius 2 is 2.20 bits per heavy atom. The fourth-order valence-corrected chi connectivity index (χ4v) is 3.12. The van der Waals surface area contributed by atoms with Crippen molar-refractivity contribution in [2.75, 3.05) is 6.54 Å². The van der Waals surface area contributed by atoms with Crippen molar-refractivity contribution in [2.45, 2.75) is 38.1 Å². The Bertz CT molecular complexity index is 320. The minimum absolute atomic E-state index is 0.00752. The van der Waals surface area contributed by atoms with Gasteiger partial charge in [0.15, 0.2) is 4.60 Å². The lowest BCUT2D eigenvalue weighted by molar-refractivity contribution is 0.334. The number of halogens is 1. The third-order valence-corrected chi connectivity index (χ3v) is 3.71. The molecule has 1 aromatic heterocycles. The Hall–Kier alpha value is -0.420. The second-order valence-corrected chi connectivity index (χ2v) is 5.17. The quantitative estimate of drug-likeness (QED) is 0.850. The molecule has 0 radical (unpaired) electrons. The van der Waals surface area contributed by atoms with Crippen molar-refractivity contribution < 1.29 is 0 Å². The number of aromatic nitrogens is 3. The summed E-state index contributed by atoms with van der Waals surface area (Å²) in [5.41, 5.74) is 1.16. The van der Waals surface area contributed by atoms with E-state index >= 15 is 0 Å². The molecule has 2 heterocycles. The number of nitrogens with zero attached hydrogens (tertiary/aromatic N) is 3. The van der Waals surface area contributed by atoms with Gasteiger partial charge < -0.3 is 5.32 Å². The molecule has 1 aliphatic rings. The molecule has 0 spiro atoms. The smallest absolute Gasteiger partial charge is 0.153 e. The molecule has 5 heteroatoms. The molecule has 1 saturated heterocycles. The predicted octanol–water partition coefficient (Wildman–Crippen LogP) is 1.96. The number of aryl methyl sites for hydroxylation is 1. The van der Waals surface area contributed by atoms with Gasteiger partial charge in [-0.2, -0.15) is 0 Å². The fourth-order valence-electron chi connectivity index (χ4n) is 2.35. The number of nitrogens with one attached hydrogen (secondary N) is 1. The van der Waals surface area contributed by atoms with Crippen molar-refractivity contribution in [3.8, 4) is 0 Å². The third kappa shape index (κ3) is 2.08. The van der Waals surface area contributed by atoms with Gasteiger partial charge in [-0.25, -0.2) is 4.68 Å². The second-order valence-electron chi connectivity index (χ2n) is 4.42. The first-order valence-electron chi connectivity index (χ1n) is 5.44. The van der Waals surface area contributed by atoms with Crippen LogP contribution >= 0.6 is 15.9 Å². The van der Waals surface area contributed by atoms with Crippen molar-refractivity contribution in [2.24, 2.45) is 7.05 Å². The normalized spacial score (nSPS) is 27.7. The highest BCUT2D eigenvalue weighted by atomic mass is 79.9. The first kappa shape index (κ1) is 11.1. The van der Waals surface area contributed by atoms with Crippen LogP contribution in [-0.2, 0) is 12.6 Å². The molecule has 0 aliphatic carbocycles. The summed E-state index contributed by atoms with van der Waals surface area (Å²) in [5, 5.41) is 11.7. The predicted molar refractivity (Wildman–Crippen MR) is 62.5 cm³/mol. The second kappa shape index (κ2) is 4.22. The van der Waals surface area contributed by atoms with E-state index in [1.807, 2.05) is 11.7 Å². The van der Waals surface area contributed by atoms with Crippen LogP contribution in [0.3, 0.4) is 0 Å². The highest BCUT2D eigenvalue weighted by Crippen LogP contribution is 2.32. The number of hydrogen-bond donors (Lipinski definition) is 1. The van der Waals surface area contributed by atoms with Gasteiger partial charge in [0.2, 0.25) is 0 Å². The van der Waals surface area contributed by atoms with E-state index in [2.05, 4.69) is 38.5 Å². The lowest BCUT2D eigenvalue weighted by Crippen LogP contribution is -2.40. The molecule has 1 N–H and O–H groups in total. The number of hydrogen-bond acceptors (Lipinski definition) is 3. The Morgan fingerprint density at radius 3 is 2.87 bits per heavy atom. The topological polar surface area (TPSA) is 42.7 Å². The van der Waals surface area contributed by atoms with Gasteiger partial charge in [-0.1, -0.05) is 18.1 Å². The van der Waals surface area contributed by atoms with Crippen molar-refractivity contribution in [3.05, 3.63) is 10.3 Å². The standard InChI is InChI=1S/C10H17BrN4/c1-10(6-4-3-5-7-12-10)8-9(11)13-14-15(8)2/h12H,3-7H2,1-2H3. The largest absolute Gasteiger partial charge is 0.306 e. The van der Waals surface area contributed by atoms with Gasteiger partial charge in [-0.3, -0.25) is 0 Å². The minimum atomic E-state index is 0.00752. The molecule has 0 bridgehead atoms. The summed E-state index contributed by atoms with van der Waals surface area (Å²) in [4.78, 5) is 0. The van der Waals surface area contributed by atoms with Crippen LogP contribution in [0.15, 0.2) is 4.60 Å². The Balaban J connectivity index is 2.34. The van der Waals surface area contributed by atoms with E-state index in [4.69, 9.17) is 0 Å². The molecular weight excluding hydrogens is 256 g/mol. The fraction of sp³-hybridized carbons (Fsp3) is 0.800. The third-order valence-electron chi connectivity index (χ3n) is 3.18. The van der Waals surface area contributed by atoms with Gasteiger partial charge in [-0.15, -0.1) is 5.10 Å². The summed E-state index contributed by atoms with van der Waals surface area (Å²) in [6.45, 7) is 3.32. The lowest BCUT2D eigenvalue weighted by Gasteiger charge is -2.29. The van der Waals surface area contributed by atoms with Crippen LogP contribution < -0.4 is 5.32 Å². The molecule has 1 atom stereocenters. The molecule has 84 valence electrons. The lowest BCUT2D eigenvalue weighted by atomic mass is 9.92. The summed E-state index contributed by atoms with van der Waals surface area (Å²) in [6, 6.07) is 0. The molecular formula is C10H17BrN4. The van der Waals surface area contributed by atoms with E-state index in [0.29, 0.717) is 0 Å². The Morgan fingerprint density at radius 1 is 1.40 bits per heavy atom. The molecule has 1 unspecified atom stereocenters. The summed E-state index contributed by atoms with van der Waals surface area (Å²) in [7, 11) is 1.95. The van der Waals surface area contributed by atoms with Crippen molar-refractivity contribution in [1.29, 1.82) is 0 Å². The Labute approximate surface area is 98.6 Å². The van der Waals surface area contributed by atoms with E-state index in [-0.39, 0.29) is 5.54 Å². The molecule has 4 nitrogen and oxygen atoms in total. The molecule has 1 fully saturated rings. The molecule has 1 aromatic rings. The maximum atomic E-state index is 4.06. The van der Waals surface area contributed by atoms with Crippen molar-refractivity contribution >= 4 is 15.9 Å². The van der Waals surface area contributed by atoms with Crippen LogP contribution in [0, 0.1) is 0 Å². The monoisotopic (exact) mass is 272 g/mol. The molecule has 2 rings (SSSR count). The molecule has 0 amide bonds. The number of rotatable bonds is 1. The van der Waals surface area contributed by atoms with Gasteiger partial charge in [0.25, 0.3) is 0 Å². The van der Waals surface area contributed by atoms with Crippen LogP contribution in [0.2, 0.25) is 0 Å². The highest BCUT2D eigenvalue weighted by molar-refractivity contribution is 9.10. The molecule has 0 saturated carbocycles. The van der Waals surface area contributed by atoms with E-state index in [1.54, 1.807) is 0 Å². The maximum Gasteiger partial charge on any atom is 0.153 e. The van der Waals surface area contributed by atoms with E-state index in [9.17, 15) is 0 Å². The van der Waals surface area contributed by atoms with Gasteiger partial charge in [0, 0.05) is 7.05 Å². The van der Waals surface area contributed by atoms with E-state index in [0.717, 1.165) is 23.3 Å². The van der Waals surface area contributed by atoms with Crippen LogP contribution in [0.5, 0.6) is 0 Å². The van der Waals surface area contributed by atoms with Gasteiger partial charge in [0.05, 0.1) is 11.2 Å². The van der Waals surface area contributed by atoms with Crippen molar-refractivity contribution in [3.63, 3.8) is 0 Å². The van der Waals surface area contributed by atoms with E-state index in [1.165, 1.54) is 19.3 Å². The summed E-state index contributed by atoms with van der Waals surface area (Å²) in [5.74, 6) is 0. The van der Waals surface area contributed by atoms with Crippen molar-refractivity contribution in [1.82, 2.24) is 20.3 Å². The first-order valence-corrected chi connectivity index (χ1v) is 6.23. The average molecular weight is 273 g/mol.